The molecule has 4 aliphatic carbocycles. The molecule has 4 nitrogen and oxygen atoms in total. The van der Waals surface area contributed by atoms with Crippen molar-refractivity contribution in [2.75, 3.05) is 13.7 Å². The summed E-state index contributed by atoms with van der Waals surface area (Å²) in [6.45, 7) is 3.41. The summed E-state index contributed by atoms with van der Waals surface area (Å²) in [5.41, 5.74) is 1.85. The van der Waals surface area contributed by atoms with Crippen LogP contribution in [0.3, 0.4) is 0 Å². The van der Waals surface area contributed by atoms with Gasteiger partial charge in [-0.15, -0.1) is 0 Å². The molecule has 3 unspecified atom stereocenters. The molecular weight excluding hydrogens is 406 g/mol. The number of carbonyl (C=O) groups is 1. The Bertz CT molecular complexity index is 820. The van der Waals surface area contributed by atoms with Crippen LogP contribution >= 0.6 is 15.9 Å². The van der Waals surface area contributed by atoms with E-state index in [1.807, 2.05) is 6.07 Å². The first-order valence-corrected chi connectivity index (χ1v) is 11.1. The van der Waals surface area contributed by atoms with Crippen LogP contribution in [0.1, 0.15) is 63.0 Å². The third-order valence-corrected chi connectivity index (χ3v) is 8.71. The monoisotopic (exact) mass is 433 g/mol. The number of nitrogens with one attached hydrogen (secondary N) is 1. The second kappa shape index (κ2) is 5.96. The van der Waals surface area contributed by atoms with Crippen molar-refractivity contribution >= 4 is 21.7 Å². The lowest BCUT2D eigenvalue weighted by Gasteiger charge is -2.47. The Morgan fingerprint density at radius 1 is 1.33 bits per heavy atom. The van der Waals surface area contributed by atoms with E-state index in [1.165, 1.54) is 24.8 Å². The van der Waals surface area contributed by atoms with E-state index in [0.29, 0.717) is 36.3 Å². The molecule has 0 heterocycles. The highest BCUT2D eigenvalue weighted by Crippen LogP contribution is 2.70. The van der Waals surface area contributed by atoms with E-state index < -0.39 is 0 Å². The van der Waals surface area contributed by atoms with E-state index in [-0.39, 0.29) is 16.6 Å². The first-order chi connectivity index (χ1) is 12.9. The summed E-state index contributed by atoms with van der Waals surface area (Å²) < 4.78 is 6.44. The molecule has 1 spiro atoms. The number of benzene rings is 1. The van der Waals surface area contributed by atoms with Crippen LogP contribution in [0.25, 0.3) is 0 Å². The van der Waals surface area contributed by atoms with Gasteiger partial charge in [-0.1, -0.05) is 29.3 Å². The van der Waals surface area contributed by atoms with Crippen molar-refractivity contribution < 1.29 is 14.6 Å². The SMILES string of the molecule is COc1cc(Br)c2c(c1O)[C@]13CC(=O)CCC1C(NCC1CCC1)C2(C)C3. The minimum absolute atomic E-state index is 0.0725. The Balaban J connectivity index is 1.64. The van der Waals surface area contributed by atoms with Gasteiger partial charge < -0.3 is 15.2 Å². The van der Waals surface area contributed by atoms with Gasteiger partial charge in [0.1, 0.15) is 5.78 Å². The highest BCUT2D eigenvalue weighted by molar-refractivity contribution is 9.10. The van der Waals surface area contributed by atoms with Crippen LogP contribution in [-0.2, 0) is 15.6 Å². The molecule has 2 N–H and O–H groups in total. The van der Waals surface area contributed by atoms with Gasteiger partial charge in [-0.2, -0.15) is 0 Å². The topological polar surface area (TPSA) is 58.6 Å². The first kappa shape index (κ1) is 18.0. The van der Waals surface area contributed by atoms with E-state index in [4.69, 9.17) is 4.74 Å². The zero-order chi connectivity index (χ0) is 19.0. The molecule has 27 heavy (non-hydrogen) atoms. The second-order valence-corrected chi connectivity index (χ2v) is 10.3. The van der Waals surface area contributed by atoms with Crippen LogP contribution in [0.15, 0.2) is 10.5 Å². The average Bonchev–Trinajstić information content (AvgIpc) is 2.98. The predicted octanol–water partition coefficient (Wildman–Crippen LogP) is 4.20. The lowest BCUT2D eigenvalue weighted by Crippen LogP contribution is -2.53. The minimum Gasteiger partial charge on any atom is -0.504 e. The number of ether oxygens (including phenoxy) is 1. The number of Topliss-reactive ketones (excluding diaryl/α,β-unsaturated/α-hetero) is 1. The summed E-state index contributed by atoms with van der Waals surface area (Å²) in [6, 6.07) is 2.25. The summed E-state index contributed by atoms with van der Waals surface area (Å²) in [5, 5.41) is 15.0. The first-order valence-electron chi connectivity index (χ1n) is 10.3. The molecule has 0 saturated heterocycles. The Hall–Kier alpha value is -1.07. The number of rotatable bonds is 4. The number of phenols is 1. The lowest BCUT2D eigenvalue weighted by molar-refractivity contribution is -0.123. The van der Waals surface area contributed by atoms with Crippen molar-refractivity contribution in [2.45, 2.75) is 68.7 Å². The summed E-state index contributed by atoms with van der Waals surface area (Å²) in [5.74, 6) is 2.29. The Labute approximate surface area is 169 Å². The fourth-order valence-corrected chi connectivity index (χ4v) is 7.69. The summed E-state index contributed by atoms with van der Waals surface area (Å²) in [6.07, 6.45) is 7.11. The van der Waals surface area contributed by atoms with Crippen molar-refractivity contribution in [3.05, 3.63) is 21.7 Å². The van der Waals surface area contributed by atoms with Crippen LogP contribution in [0.5, 0.6) is 11.5 Å². The van der Waals surface area contributed by atoms with Gasteiger partial charge in [0, 0.05) is 39.7 Å². The number of halogens is 1. The van der Waals surface area contributed by atoms with Crippen LogP contribution in [0.2, 0.25) is 0 Å². The maximum atomic E-state index is 12.5. The number of aromatic hydroxyl groups is 1. The van der Waals surface area contributed by atoms with Crippen molar-refractivity contribution in [1.29, 1.82) is 0 Å². The van der Waals surface area contributed by atoms with E-state index in [2.05, 4.69) is 28.2 Å². The Morgan fingerprint density at radius 2 is 2.11 bits per heavy atom. The van der Waals surface area contributed by atoms with Crippen LogP contribution in [0, 0.1) is 11.8 Å². The van der Waals surface area contributed by atoms with Gasteiger partial charge in [0.25, 0.3) is 0 Å². The molecule has 146 valence electrons. The van der Waals surface area contributed by atoms with Crippen LogP contribution in [0.4, 0.5) is 0 Å². The molecule has 3 saturated carbocycles. The maximum absolute atomic E-state index is 12.5. The minimum atomic E-state index is -0.252. The zero-order valence-corrected chi connectivity index (χ0v) is 17.7. The smallest absolute Gasteiger partial charge is 0.161 e. The third kappa shape index (κ3) is 2.27. The van der Waals surface area contributed by atoms with E-state index in [0.717, 1.165) is 35.3 Å². The fraction of sp³-hybridized carbons (Fsp3) is 0.682. The predicted molar refractivity (Wildman–Crippen MR) is 107 cm³/mol. The highest BCUT2D eigenvalue weighted by Gasteiger charge is 2.69. The molecule has 5 rings (SSSR count). The largest absolute Gasteiger partial charge is 0.504 e. The average molecular weight is 434 g/mol. The Morgan fingerprint density at radius 3 is 2.78 bits per heavy atom. The van der Waals surface area contributed by atoms with Crippen molar-refractivity contribution in [2.24, 2.45) is 11.8 Å². The van der Waals surface area contributed by atoms with Crippen molar-refractivity contribution in [3.8, 4) is 11.5 Å². The van der Waals surface area contributed by atoms with E-state index in [9.17, 15) is 9.90 Å². The molecule has 0 aromatic heterocycles. The fourth-order valence-electron chi connectivity index (χ4n) is 6.83. The molecule has 4 aliphatic rings. The molecule has 3 fully saturated rings. The van der Waals surface area contributed by atoms with E-state index in [1.54, 1.807) is 7.11 Å². The maximum Gasteiger partial charge on any atom is 0.161 e. The van der Waals surface area contributed by atoms with Gasteiger partial charge in [-0.25, -0.2) is 0 Å². The number of ketones is 1. The molecule has 0 aliphatic heterocycles. The van der Waals surface area contributed by atoms with Crippen LogP contribution < -0.4 is 10.1 Å². The normalized spacial score (nSPS) is 37.1. The number of hydrogen-bond donors (Lipinski definition) is 2. The summed E-state index contributed by atoms with van der Waals surface area (Å²) in [7, 11) is 1.59. The third-order valence-electron chi connectivity index (χ3n) is 8.08. The second-order valence-electron chi connectivity index (χ2n) is 9.45. The molecule has 2 bridgehead atoms. The molecule has 0 amide bonds. The number of hydrogen-bond acceptors (Lipinski definition) is 4. The van der Waals surface area contributed by atoms with Crippen LogP contribution in [-0.4, -0.2) is 30.6 Å². The lowest BCUT2D eigenvalue weighted by atomic mass is 9.60. The van der Waals surface area contributed by atoms with Gasteiger partial charge in [-0.05, 0) is 55.7 Å². The van der Waals surface area contributed by atoms with Gasteiger partial charge in [0.2, 0.25) is 0 Å². The molecule has 1 aromatic carbocycles. The number of phenolic OH excluding ortho intramolecular Hbond substituents is 1. The highest BCUT2D eigenvalue weighted by atomic mass is 79.9. The summed E-state index contributed by atoms with van der Waals surface area (Å²) >= 11 is 3.77. The van der Waals surface area contributed by atoms with Gasteiger partial charge >= 0.3 is 0 Å². The standard InChI is InChI=1S/C22H28BrNO3/c1-21-11-22(18-17(21)15(23)8-16(27-2)19(18)26)9-13(25)6-7-14(22)20(21)24-10-12-4-3-5-12/h8,12,14,20,24,26H,3-7,9-11H2,1-2H3/t14?,20?,21?,22-/m0/s1. The van der Waals surface area contributed by atoms with Gasteiger partial charge in [0.15, 0.2) is 11.5 Å². The zero-order valence-electron chi connectivity index (χ0n) is 16.1. The Kier molecular flexibility index (Phi) is 3.97. The molecule has 5 heteroatoms. The van der Waals surface area contributed by atoms with Crippen molar-refractivity contribution in [1.82, 2.24) is 5.32 Å². The molecule has 0 radical (unpaired) electrons. The van der Waals surface area contributed by atoms with Gasteiger partial charge in [0.05, 0.1) is 7.11 Å². The molecular formula is C22H28BrNO3. The number of carbonyl (C=O) groups excluding carboxylic acids is 1. The number of methoxy groups -OCH3 is 1. The van der Waals surface area contributed by atoms with Crippen molar-refractivity contribution in [3.63, 3.8) is 0 Å². The molecule has 4 atom stereocenters. The summed E-state index contributed by atoms with van der Waals surface area (Å²) in [4.78, 5) is 12.5. The number of fused-ring (bicyclic) bond motifs is 3. The molecule has 1 aromatic rings. The quantitative estimate of drug-likeness (QED) is 0.746. The van der Waals surface area contributed by atoms with E-state index >= 15 is 0 Å². The van der Waals surface area contributed by atoms with Gasteiger partial charge in [-0.3, -0.25) is 4.79 Å².